The number of hydrogen-bond acceptors (Lipinski definition) is 6. The maximum absolute atomic E-state index is 12.1. The van der Waals surface area contributed by atoms with E-state index in [2.05, 4.69) is 5.32 Å². The molecule has 7 nitrogen and oxygen atoms in total. The molecule has 1 N–H and O–H groups in total. The van der Waals surface area contributed by atoms with Crippen LogP contribution in [-0.2, 0) is 23.8 Å². The summed E-state index contributed by atoms with van der Waals surface area (Å²) < 4.78 is 15.3. The van der Waals surface area contributed by atoms with Crippen LogP contribution in [0.2, 0.25) is 0 Å². The lowest BCUT2D eigenvalue weighted by Gasteiger charge is -2.30. The van der Waals surface area contributed by atoms with Crippen LogP contribution in [0.5, 0.6) is 0 Å². The van der Waals surface area contributed by atoms with E-state index in [0.29, 0.717) is 24.8 Å². The lowest BCUT2D eigenvalue weighted by atomic mass is 9.77. The predicted molar refractivity (Wildman–Crippen MR) is 106 cm³/mol. The van der Waals surface area contributed by atoms with Crippen LogP contribution < -0.4 is 5.32 Å². The summed E-state index contributed by atoms with van der Waals surface area (Å²) in [5, 5.41) is 2.80. The summed E-state index contributed by atoms with van der Waals surface area (Å²) in [4.78, 5) is 35.9. The fourth-order valence-corrected chi connectivity index (χ4v) is 3.56. The fraction of sp³-hybridized carbons (Fsp3) is 0.857. The van der Waals surface area contributed by atoms with Crippen LogP contribution in [0.15, 0.2) is 0 Å². The van der Waals surface area contributed by atoms with Gasteiger partial charge < -0.3 is 19.5 Å². The predicted octanol–water partition coefficient (Wildman–Crippen LogP) is 3.84. The van der Waals surface area contributed by atoms with Gasteiger partial charge in [0.15, 0.2) is 5.92 Å². The monoisotopic (exact) mass is 399 g/mol. The fourth-order valence-electron chi connectivity index (χ4n) is 3.56. The third-order valence-corrected chi connectivity index (χ3v) is 4.90. The normalized spacial score (nSPS) is 19.8. The lowest BCUT2D eigenvalue weighted by Crippen LogP contribution is -2.34. The summed E-state index contributed by atoms with van der Waals surface area (Å²) >= 11 is 0. The second-order valence-electron chi connectivity index (χ2n) is 8.40. The molecular weight excluding hydrogens is 362 g/mol. The van der Waals surface area contributed by atoms with Crippen LogP contribution in [-0.4, -0.2) is 43.4 Å². The Morgan fingerprint density at radius 3 is 1.89 bits per heavy atom. The van der Waals surface area contributed by atoms with Gasteiger partial charge in [0.2, 0.25) is 0 Å². The summed E-state index contributed by atoms with van der Waals surface area (Å²) in [5.41, 5.74) is -0.490. The minimum atomic E-state index is -0.824. The molecule has 162 valence electrons. The van der Waals surface area contributed by atoms with Gasteiger partial charge in [-0.3, -0.25) is 9.59 Å². The molecule has 1 aliphatic rings. The Labute approximate surface area is 168 Å². The summed E-state index contributed by atoms with van der Waals surface area (Å²) in [6.45, 7) is 10.1. The van der Waals surface area contributed by atoms with Gasteiger partial charge in [0.05, 0.1) is 13.2 Å². The van der Waals surface area contributed by atoms with Crippen LogP contribution in [0.3, 0.4) is 0 Å². The SMILES string of the molecule is CCOC(=O)C(C[C@H]1CC[C@H](CCNC(=O)OC(C)(C)C)CC1)C(=O)OCC. The quantitative estimate of drug-likeness (QED) is 0.360. The second-order valence-corrected chi connectivity index (χ2v) is 8.40. The highest BCUT2D eigenvalue weighted by Gasteiger charge is 2.33. The number of amides is 1. The zero-order chi connectivity index (χ0) is 21.2. The van der Waals surface area contributed by atoms with Crippen molar-refractivity contribution in [2.75, 3.05) is 19.8 Å². The minimum Gasteiger partial charge on any atom is -0.465 e. The molecule has 0 aliphatic heterocycles. The Hall–Kier alpha value is -1.79. The zero-order valence-electron chi connectivity index (χ0n) is 18.0. The highest BCUT2D eigenvalue weighted by Crippen LogP contribution is 2.34. The number of carbonyl (C=O) groups excluding carboxylic acids is 3. The number of nitrogens with one attached hydrogen (secondary N) is 1. The lowest BCUT2D eigenvalue weighted by molar-refractivity contribution is -0.162. The molecule has 1 fully saturated rings. The summed E-state index contributed by atoms with van der Waals surface area (Å²) in [5.74, 6) is -0.937. The van der Waals surface area contributed by atoms with Crippen molar-refractivity contribution in [3.63, 3.8) is 0 Å². The molecule has 1 aliphatic carbocycles. The van der Waals surface area contributed by atoms with Gasteiger partial charge >= 0.3 is 18.0 Å². The Balaban J connectivity index is 2.38. The van der Waals surface area contributed by atoms with Crippen LogP contribution in [0.25, 0.3) is 0 Å². The van der Waals surface area contributed by atoms with E-state index in [1.54, 1.807) is 13.8 Å². The van der Waals surface area contributed by atoms with Crippen LogP contribution in [0.1, 0.15) is 73.1 Å². The van der Waals surface area contributed by atoms with E-state index < -0.39 is 23.5 Å². The van der Waals surface area contributed by atoms with E-state index in [-0.39, 0.29) is 19.3 Å². The third-order valence-electron chi connectivity index (χ3n) is 4.90. The first-order chi connectivity index (χ1) is 13.2. The number of alkyl carbamates (subject to hydrolysis) is 1. The number of hydrogen-bond donors (Lipinski definition) is 1. The van der Waals surface area contributed by atoms with E-state index >= 15 is 0 Å². The van der Waals surface area contributed by atoms with E-state index in [9.17, 15) is 14.4 Å². The minimum absolute atomic E-state index is 0.256. The van der Waals surface area contributed by atoms with Crippen molar-refractivity contribution >= 4 is 18.0 Å². The molecule has 1 saturated carbocycles. The average Bonchev–Trinajstić information content (AvgIpc) is 2.59. The molecule has 7 heteroatoms. The van der Waals surface area contributed by atoms with E-state index in [1.807, 2.05) is 20.8 Å². The summed E-state index contributed by atoms with van der Waals surface area (Å²) in [6.07, 6.45) is 5.00. The smallest absolute Gasteiger partial charge is 0.407 e. The molecule has 1 rings (SSSR count). The third kappa shape index (κ3) is 9.42. The largest absolute Gasteiger partial charge is 0.465 e. The molecule has 0 aromatic heterocycles. The molecule has 0 aromatic carbocycles. The number of carbonyl (C=O) groups is 3. The van der Waals surface area contributed by atoms with Crippen molar-refractivity contribution in [1.29, 1.82) is 0 Å². The highest BCUT2D eigenvalue weighted by molar-refractivity contribution is 5.94. The Kier molecular flexibility index (Phi) is 10.3. The van der Waals surface area contributed by atoms with Gasteiger partial charge in [-0.1, -0.05) is 25.7 Å². The molecule has 0 radical (unpaired) electrons. The zero-order valence-corrected chi connectivity index (χ0v) is 18.0. The molecule has 1 amide bonds. The van der Waals surface area contributed by atoms with Crippen molar-refractivity contribution in [2.24, 2.45) is 17.8 Å². The topological polar surface area (TPSA) is 90.9 Å². The number of ether oxygens (including phenoxy) is 3. The Bertz CT molecular complexity index is 488. The molecular formula is C21H37NO6. The van der Waals surface area contributed by atoms with E-state index in [0.717, 1.165) is 32.1 Å². The standard InChI is InChI=1S/C21H37NO6/c1-6-26-18(23)17(19(24)27-7-2)14-16-10-8-15(9-11-16)12-13-22-20(25)28-21(3,4)5/h15-17H,6-14H2,1-5H3,(H,22,25)/t15-,16-. The maximum Gasteiger partial charge on any atom is 0.407 e. The molecule has 0 saturated heterocycles. The summed E-state index contributed by atoms with van der Waals surface area (Å²) in [7, 11) is 0. The van der Waals surface area contributed by atoms with E-state index in [1.165, 1.54) is 0 Å². The first kappa shape index (κ1) is 24.2. The van der Waals surface area contributed by atoms with Gasteiger partial charge in [0.1, 0.15) is 5.60 Å². The number of rotatable bonds is 9. The molecule has 0 bridgehead atoms. The van der Waals surface area contributed by atoms with Crippen molar-refractivity contribution in [2.45, 2.75) is 78.7 Å². The van der Waals surface area contributed by atoms with Gasteiger partial charge in [-0.05, 0) is 59.3 Å². The molecule has 0 spiro atoms. The molecule has 28 heavy (non-hydrogen) atoms. The summed E-state index contributed by atoms with van der Waals surface area (Å²) in [6, 6.07) is 0. The van der Waals surface area contributed by atoms with Crippen LogP contribution in [0, 0.1) is 17.8 Å². The molecule has 0 atom stereocenters. The molecule has 0 heterocycles. The first-order valence-corrected chi connectivity index (χ1v) is 10.5. The van der Waals surface area contributed by atoms with Crippen molar-refractivity contribution in [3.05, 3.63) is 0 Å². The molecule has 0 aromatic rings. The Morgan fingerprint density at radius 2 is 1.43 bits per heavy atom. The average molecular weight is 400 g/mol. The van der Waals surface area contributed by atoms with Crippen molar-refractivity contribution in [1.82, 2.24) is 5.32 Å². The van der Waals surface area contributed by atoms with E-state index in [4.69, 9.17) is 14.2 Å². The molecule has 0 unspecified atom stereocenters. The van der Waals surface area contributed by atoms with Crippen LogP contribution >= 0.6 is 0 Å². The maximum atomic E-state index is 12.1. The van der Waals surface area contributed by atoms with Crippen LogP contribution in [0.4, 0.5) is 4.79 Å². The Morgan fingerprint density at radius 1 is 0.929 bits per heavy atom. The highest BCUT2D eigenvalue weighted by atomic mass is 16.6. The van der Waals surface area contributed by atoms with Crippen molar-refractivity contribution < 1.29 is 28.6 Å². The van der Waals surface area contributed by atoms with Gasteiger partial charge in [0, 0.05) is 6.54 Å². The van der Waals surface area contributed by atoms with Gasteiger partial charge in [0.25, 0.3) is 0 Å². The number of esters is 2. The van der Waals surface area contributed by atoms with Gasteiger partial charge in [-0.25, -0.2) is 4.79 Å². The van der Waals surface area contributed by atoms with Gasteiger partial charge in [-0.15, -0.1) is 0 Å². The van der Waals surface area contributed by atoms with Crippen molar-refractivity contribution in [3.8, 4) is 0 Å². The second kappa shape index (κ2) is 11.9. The van der Waals surface area contributed by atoms with Gasteiger partial charge in [-0.2, -0.15) is 0 Å². The first-order valence-electron chi connectivity index (χ1n) is 10.5.